The molecule has 0 aliphatic heterocycles. The van der Waals surface area contributed by atoms with Gasteiger partial charge < -0.3 is 15.4 Å². The van der Waals surface area contributed by atoms with E-state index in [1.165, 1.54) is 5.56 Å². The molecule has 6 heteroatoms. The first-order chi connectivity index (χ1) is 11.5. The number of hydrogen-bond donors (Lipinski definition) is 2. The second-order valence-corrected chi connectivity index (χ2v) is 6.56. The summed E-state index contributed by atoms with van der Waals surface area (Å²) in [7, 11) is 0. The Morgan fingerprint density at radius 2 is 1.96 bits per heavy atom. The monoisotopic (exact) mass is 406 g/mol. The summed E-state index contributed by atoms with van der Waals surface area (Å²) >= 11 is 8.50. The zero-order valence-corrected chi connectivity index (χ0v) is 15.7. The van der Waals surface area contributed by atoms with Crippen LogP contribution in [-0.4, -0.2) is 24.2 Å². The minimum atomic E-state index is -0.283. The summed E-state index contributed by atoms with van der Waals surface area (Å²) in [5.41, 5.74) is 2.17. The van der Waals surface area contributed by atoms with Gasteiger partial charge in [0.05, 0.1) is 0 Å². The zero-order chi connectivity index (χ0) is 17.4. The Morgan fingerprint density at radius 1 is 1.21 bits per heavy atom. The molecule has 0 spiro atoms. The maximum Gasteiger partial charge on any atom is 0.264 e. The summed E-state index contributed by atoms with van der Waals surface area (Å²) in [6, 6.07) is 15.7. The standard InChI is InChI=1S/C18H19BrN2O2S/c1-13-11-15(19)7-8-16(13)23-12-17(22)21-18(24)20-10-9-14-5-3-2-4-6-14/h2-8,11H,9-10,12H2,1H3,(H2,20,21,22,24). The fraction of sp³-hybridized carbons (Fsp3) is 0.222. The number of aryl methyl sites for hydroxylation is 1. The second kappa shape index (κ2) is 9.39. The Morgan fingerprint density at radius 3 is 2.67 bits per heavy atom. The lowest BCUT2D eigenvalue weighted by molar-refractivity contribution is -0.121. The van der Waals surface area contributed by atoms with Gasteiger partial charge in [0.15, 0.2) is 11.7 Å². The van der Waals surface area contributed by atoms with Crippen molar-refractivity contribution in [3.05, 3.63) is 64.1 Å². The van der Waals surface area contributed by atoms with Gasteiger partial charge in [-0.25, -0.2) is 0 Å². The van der Waals surface area contributed by atoms with Crippen molar-refractivity contribution < 1.29 is 9.53 Å². The number of benzene rings is 2. The van der Waals surface area contributed by atoms with Crippen LogP contribution < -0.4 is 15.4 Å². The summed E-state index contributed by atoms with van der Waals surface area (Å²) < 4.78 is 6.48. The van der Waals surface area contributed by atoms with E-state index in [9.17, 15) is 4.79 Å². The lowest BCUT2D eigenvalue weighted by Gasteiger charge is -2.11. The van der Waals surface area contributed by atoms with Crippen molar-refractivity contribution in [3.8, 4) is 5.75 Å². The number of carbonyl (C=O) groups is 1. The zero-order valence-electron chi connectivity index (χ0n) is 13.3. The van der Waals surface area contributed by atoms with Crippen LogP contribution in [0.1, 0.15) is 11.1 Å². The first kappa shape index (κ1) is 18.4. The van der Waals surface area contributed by atoms with Crippen molar-refractivity contribution in [2.24, 2.45) is 0 Å². The number of rotatable bonds is 6. The lowest BCUT2D eigenvalue weighted by atomic mass is 10.1. The highest BCUT2D eigenvalue weighted by Gasteiger charge is 2.07. The van der Waals surface area contributed by atoms with Crippen LogP contribution in [-0.2, 0) is 11.2 Å². The van der Waals surface area contributed by atoms with E-state index in [1.807, 2.05) is 43.3 Å². The van der Waals surface area contributed by atoms with Crippen LogP contribution in [0.15, 0.2) is 53.0 Å². The second-order valence-electron chi connectivity index (χ2n) is 5.24. The van der Waals surface area contributed by atoms with Crippen LogP contribution in [0, 0.1) is 6.92 Å². The highest BCUT2D eigenvalue weighted by Crippen LogP contribution is 2.21. The maximum absolute atomic E-state index is 11.9. The van der Waals surface area contributed by atoms with Crippen LogP contribution in [0.4, 0.5) is 0 Å². The molecule has 0 radical (unpaired) electrons. The Balaban J connectivity index is 1.68. The average molecular weight is 407 g/mol. The van der Waals surface area contributed by atoms with Crippen LogP contribution in [0.5, 0.6) is 5.75 Å². The molecular weight excluding hydrogens is 388 g/mol. The van der Waals surface area contributed by atoms with Gasteiger partial charge in [-0.1, -0.05) is 46.3 Å². The molecule has 0 aromatic heterocycles. The summed E-state index contributed by atoms with van der Waals surface area (Å²) in [5, 5.41) is 5.94. The number of carbonyl (C=O) groups excluding carboxylic acids is 1. The minimum absolute atomic E-state index is 0.0804. The molecule has 0 atom stereocenters. The first-order valence-electron chi connectivity index (χ1n) is 7.55. The molecule has 4 nitrogen and oxygen atoms in total. The molecular formula is C18H19BrN2O2S. The Kier molecular flexibility index (Phi) is 7.21. The summed E-state index contributed by atoms with van der Waals surface area (Å²) in [6.45, 7) is 2.51. The van der Waals surface area contributed by atoms with E-state index < -0.39 is 0 Å². The molecule has 1 amide bonds. The van der Waals surface area contributed by atoms with E-state index in [4.69, 9.17) is 17.0 Å². The number of nitrogens with one attached hydrogen (secondary N) is 2. The molecule has 2 aromatic rings. The van der Waals surface area contributed by atoms with Crippen LogP contribution in [0.3, 0.4) is 0 Å². The molecule has 0 aliphatic rings. The third-order valence-electron chi connectivity index (χ3n) is 3.29. The van der Waals surface area contributed by atoms with E-state index in [1.54, 1.807) is 0 Å². The fourth-order valence-corrected chi connectivity index (χ4v) is 2.78. The number of ether oxygens (including phenoxy) is 1. The SMILES string of the molecule is Cc1cc(Br)ccc1OCC(=O)NC(=S)NCCc1ccccc1. The Labute approximate surface area is 155 Å². The van der Waals surface area contributed by atoms with E-state index in [-0.39, 0.29) is 12.5 Å². The summed E-state index contributed by atoms with van der Waals surface area (Å²) in [6.07, 6.45) is 0.839. The van der Waals surface area contributed by atoms with Gasteiger partial charge >= 0.3 is 0 Å². The third-order valence-corrected chi connectivity index (χ3v) is 4.03. The molecule has 0 heterocycles. The predicted molar refractivity (Wildman–Crippen MR) is 103 cm³/mol. The molecule has 0 bridgehead atoms. The lowest BCUT2D eigenvalue weighted by Crippen LogP contribution is -2.42. The average Bonchev–Trinajstić information content (AvgIpc) is 2.55. The van der Waals surface area contributed by atoms with Gasteiger partial charge in [0, 0.05) is 11.0 Å². The summed E-state index contributed by atoms with van der Waals surface area (Å²) in [5.74, 6) is 0.394. The Hall–Kier alpha value is -1.92. The first-order valence-corrected chi connectivity index (χ1v) is 8.75. The van der Waals surface area contributed by atoms with Crippen molar-refractivity contribution in [1.29, 1.82) is 0 Å². The van der Waals surface area contributed by atoms with Gasteiger partial charge in [-0.15, -0.1) is 0 Å². The van der Waals surface area contributed by atoms with Gasteiger partial charge in [-0.2, -0.15) is 0 Å². The van der Waals surface area contributed by atoms with Crippen LogP contribution in [0.2, 0.25) is 0 Å². The van der Waals surface area contributed by atoms with Crippen LogP contribution >= 0.6 is 28.1 Å². The number of halogens is 1. The van der Waals surface area contributed by atoms with Gasteiger partial charge in [-0.05, 0) is 54.9 Å². The van der Waals surface area contributed by atoms with Crippen molar-refractivity contribution in [1.82, 2.24) is 10.6 Å². The molecule has 24 heavy (non-hydrogen) atoms. The van der Waals surface area contributed by atoms with E-state index in [0.29, 0.717) is 17.4 Å². The molecule has 126 valence electrons. The van der Waals surface area contributed by atoms with Crippen molar-refractivity contribution in [3.63, 3.8) is 0 Å². The molecule has 0 aliphatic carbocycles. The quantitative estimate of drug-likeness (QED) is 0.721. The van der Waals surface area contributed by atoms with Gasteiger partial charge in [0.1, 0.15) is 5.75 Å². The highest BCUT2D eigenvalue weighted by molar-refractivity contribution is 9.10. The number of amides is 1. The predicted octanol–water partition coefficient (Wildman–Crippen LogP) is 3.37. The van der Waals surface area contributed by atoms with Crippen LogP contribution in [0.25, 0.3) is 0 Å². The van der Waals surface area contributed by atoms with Crippen molar-refractivity contribution in [2.75, 3.05) is 13.2 Å². The number of thiocarbonyl (C=S) groups is 1. The smallest absolute Gasteiger partial charge is 0.264 e. The van der Waals surface area contributed by atoms with Gasteiger partial charge in [0.25, 0.3) is 5.91 Å². The third kappa shape index (κ3) is 6.29. The molecule has 0 unspecified atom stereocenters. The molecule has 0 saturated carbocycles. The molecule has 2 aromatic carbocycles. The minimum Gasteiger partial charge on any atom is -0.483 e. The topological polar surface area (TPSA) is 50.4 Å². The van der Waals surface area contributed by atoms with Crippen molar-refractivity contribution in [2.45, 2.75) is 13.3 Å². The molecule has 2 rings (SSSR count). The maximum atomic E-state index is 11.9. The fourth-order valence-electron chi connectivity index (χ4n) is 2.09. The Bertz CT molecular complexity index is 707. The van der Waals surface area contributed by atoms with E-state index >= 15 is 0 Å². The normalized spacial score (nSPS) is 10.1. The number of hydrogen-bond acceptors (Lipinski definition) is 3. The van der Waals surface area contributed by atoms with Crippen molar-refractivity contribution >= 4 is 39.2 Å². The van der Waals surface area contributed by atoms with Gasteiger partial charge in [0.2, 0.25) is 0 Å². The molecule has 2 N–H and O–H groups in total. The van der Waals surface area contributed by atoms with Gasteiger partial charge in [-0.3, -0.25) is 4.79 Å². The van der Waals surface area contributed by atoms with E-state index in [2.05, 4.69) is 38.7 Å². The highest BCUT2D eigenvalue weighted by atomic mass is 79.9. The molecule has 0 saturated heterocycles. The largest absolute Gasteiger partial charge is 0.483 e. The van der Waals surface area contributed by atoms with E-state index in [0.717, 1.165) is 16.5 Å². The summed E-state index contributed by atoms with van der Waals surface area (Å²) in [4.78, 5) is 11.9. The molecule has 0 fully saturated rings.